The van der Waals surface area contributed by atoms with E-state index in [1.807, 2.05) is 0 Å². The van der Waals surface area contributed by atoms with Crippen LogP contribution < -0.4 is 5.32 Å². The standard InChI is InChI=1S/C9H19IN2/c1-8(2)7-12(10)9-4-3-5-11-6-9/h8-9,11H,3-7H2,1-2H3/t9-/m0/s1. The molecule has 1 heterocycles. The molecular formula is C9H19IN2. The smallest absolute Gasteiger partial charge is 0.0319 e. The summed E-state index contributed by atoms with van der Waals surface area (Å²) in [6, 6.07) is 0.766. The molecule has 1 N–H and O–H groups in total. The van der Waals surface area contributed by atoms with Crippen molar-refractivity contribution in [2.45, 2.75) is 32.7 Å². The Morgan fingerprint density at radius 2 is 2.33 bits per heavy atom. The summed E-state index contributed by atoms with van der Waals surface area (Å²) in [5.74, 6) is 0.781. The lowest BCUT2D eigenvalue weighted by Crippen LogP contribution is -2.42. The van der Waals surface area contributed by atoms with Gasteiger partial charge in [-0.2, -0.15) is 0 Å². The van der Waals surface area contributed by atoms with Crippen LogP contribution >= 0.6 is 22.9 Å². The zero-order valence-electron chi connectivity index (χ0n) is 8.02. The highest BCUT2D eigenvalue weighted by Crippen LogP contribution is 2.16. The summed E-state index contributed by atoms with van der Waals surface area (Å²) in [5, 5.41) is 3.44. The van der Waals surface area contributed by atoms with Gasteiger partial charge in [0.05, 0.1) is 0 Å². The molecule has 0 saturated carbocycles. The Hall–Kier alpha value is 0.650. The van der Waals surface area contributed by atoms with Gasteiger partial charge in [-0.05, 0) is 25.3 Å². The highest BCUT2D eigenvalue weighted by Gasteiger charge is 2.18. The maximum atomic E-state index is 3.44. The fourth-order valence-electron chi connectivity index (χ4n) is 1.57. The summed E-state index contributed by atoms with van der Waals surface area (Å²) >= 11 is 2.47. The summed E-state index contributed by atoms with van der Waals surface area (Å²) in [4.78, 5) is 0. The van der Waals surface area contributed by atoms with Crippen LogP contribution in [-0.4, -0.2) is 28.8 Å². The maximum Gasteiger partial charge on any atom is 0.0319 e. The molecule has 72 valence electrons. The first-order valence-corrected chi connectivity index (χ1v) is 5.79. The number of hydrogen-bond acceptors (Lipinski definition) is 2. The van der Waals surface area contributed by atoms with Gasteiger partial charge in [-0.3, -0.25) is 0 Å². The Morgan fingerprint density at radius 1 is 1.58 bits per heavy atom. The van der Waals surface area contributed by atoms with Gasteiger partial charge in [0.2, 0.25) is 0 Å². The molecule has 0 aromatic carbocycles. The third-order valence-corrected chi connectivity index (χ3v) is 3.39. The van der Waals surface area contributed by atoms with Gasteiger partial charge in [0, 0.05) is 42.0 Å². The predicted octanol–water partition coefficient (Wildman–Crippen LogP) is 2.05. The largest absolute Gasteiger partial charge is 0.315 e. The molecule has 1 rings (SSSR count). The van der Waals surface area contributed by atoms with Crippen molar-refractivity contribution in [2.24, 2.45) is 5.92 Å². The van der Waals surface area contributed by atoms with Crippen molar-refractivity contribution in [1.29, 1.82) is 0 Å². The molecular weight excluding hydrogens is 263 g/mol. The van der Waals surface area contributed by atoms with Crippen molar-refractivity contribution < 1.29 is 0 Å². The van der Waals surface area contributed by atoms with E-state index in [0.29, 0.717) is 0 Å². The Morgan fingerprint density at radius 3 is 2.83 bits per heavy atom. The van der Waals surface area contributed by atoms with Crippen LogP contribution in [0.4, 0.5) is 0 Å². The fraction of sp³-hybridized carbons (Fsp3) is 1.00. The highest BCUT2D eigenvalue weighted by atomic mass is 127. The van der Waals surface area contributed by atoms with Crippen LogP contribution in [0.25, 0.3) is 0 Å². The normalized spacial score (nSPS) is 25.2. The SMILES string of the molecule is CC(C)CN(I)[C@H]1CCCNC1. The quantitative estimate of drug-likeness (QED) is 0.629. The maximum absolute atomic E-state index is 3.44. The van der Waals surface area contributed by atoms with Crippen molar-refractivity contribution in [3.63, 3.8) is 0 Å². The Bertz CT molecular complexity index is 122. The van der Waals surface area contributed by atoms with Crippen LogP contribution in [0.1, 0.15) is 26.7 Å². The monoisotopic (exact) mass is 282 g/mol. The number of rotatable bonds is 3. The molecule has 0 radical (unpaired) electrons. The zero-order chi connectivity index (χ0) is 8.97. The van der Waals surface area contributed by atoms with E-state index in [1.165, 1.54) is 32.5 Å². The molecule has 0 aromatic heterocycles. The molecule has 0 unspecified atom stereocenters. The number of hydrogen-bond donors (Lipinski definition) is 1. The van der Waals surface area contributed by atoms with Gasteiger partial charge in [-0.1, -0.05) is 13.8 Å². The average Bonchev–Trinajstić information content (AvgIpc) is 2.05. The molecule has 1 saturated heterocycles. The van der Waals surface area contributed by atoms with E-state index in [0.717, 1.165) is 12.0 Å². The second kappa shape index (κ2) is 5.40. The zero-order valence-corrected chi connectivity index (χ0v) is 10.2. The van der Waals surface area contributed by atoms with E-state index >= 15 is 0 Å². The number of halogens is 1. The van der Waals surface area contributed by atoms with Gasteiger partial charge in [-0.25, -0.2) is 3.11 Å². The van der Waals surface area contributed by atoms with E-state index in [1.54, 1.807) is 0 Å². The Labute approximate surface area is 89.6 Å². The second-order valence-electron chi connectivity index (χ2n) is 3.98. The van der Waals surface area contributed by atoms with Gasteiger partial charge < -0.3 is 5.32 Å². The van der Waals surface area contributed by atoms with Gasteiger partial charge in [0.15, 0.2) is 0 Å². The lowest BCUT2D eigenvalue weighted by atomic mass is 10.1. The third-order valence-electron chi connectivity index (χ3n) is 2.21. The Kier molecular flexibility index (Phi) is 4.82. The minimum absolute atomic E-state index is 0.766. The number of nitrogens with zero attached hydrogens (tertiary/aromatic N) is 1. The molecule has 0 amide bonds. The lowest BCUT2D eigenvalue weighted by Gasteiger charge is -2.30. The van der Waals surface area contributed by atoms with Crippen LogP contribution in [0, 0.1) is 5.92 Å². The molecule has 2 nitrogen and oxygen atoms in total. The molecule has 3 heteroatoms. The first kappa shape index (κ1) is 10.7. The summed E-state index contributed by atoms with van der Waals surface area (Å²) in [7, 11) is 0. The minimum atomic E-state index is 0.766. The first-order chi connectivity index (χ1) is 5.70. The first-order valence-electron chi connectivity index (χ1n) is 4.83. The molecule has 0 spiro atoms. The number of nitrogens with one attached hydrogen (secondary N) is 1. The molecule has 1 aliphatic heterocycles. The van der Waals surface area contributed by atoms with Crippen LogP contribution in [0.2, 0.25) is 0 Å². The van der Waals surface area contributed by atoms with Gasteiger partial charge in [-0.15, -0.1) is 0 Å². The van der Waals surface area contributed by atoms with Crippen LogP contribution in [-0.2, 0) is 0 Å². The van der Waals surface area contributed by atoms with E-state index in [9.17, 15) is 0 Å². The molecule has 1 aliphatic rings. The predicted molar refractivity (Wildman–Crippen MR) is 61.5 cm³/mol. The van der Waals surface area contributed by atoms with Crippen molar-refractivity contribution in [1.82, 2.24) is 8.43 Å². The summed E-state index contributed by atoms with van der Waals surface area (Å²) in [6.07, 6.45) is 2.70. The van der Waals surface area contributed by atoms with E-state index in [4.69, 9.17) is 0 Å². The average molecular weight is 282 g/mol. The van der Waals surface area contributed by atoms with Gasteiger partial charge in [0.25, 0.3) is 0 Å². The molecule has 0 bridgehead atoms. The molecule has 0 aliphatic carbocycles. The highest BCUT2D eigenvalue weighted by molar-refractivity contribution is 14.1. The third kappa shape index (κ3) is 3.58. The van der Waals surface area contributed by atoms with E-state index in [-0.39, 0.29) is 0 Å². The van der Waals surface area contributed by atoms with Crippen molar-refractivity contribution in [2.75, 3.05) is 19.6 Å². The van der Waals surface area contributed by atoms with E-state index in [2.05, 4.69) is 45.1 Å². The van der Waals surface area contributed by atoms with Crippen molar-refractivity contribution in [3.8, 4) is 0 Å². The van der Waals surface area contributed by atoms with Gasteiger partial charge in [0.1, 0.15) is 0 Å². The number of piperidine rings is 1. The van der Waals surface area contributed by atoms with Crippen LogP contribution in [0.15, 0.2) is 0 Å². The topological polar surface area (TPSA) is 15.3 Å². The van der Waals surface area contributed by atoms with Gasteiger partial charge >= 0.3 is 0 Å². The summed E-state index contributed by atoms with van der Waals surface area (Å²) in [5.41, 5.74) is 0. The molecule has 1 atom stereocenters. The van der Waals surface area contributed by atoms with Crippen molar-refractivity contribution in [3.05, 3.63) is 0 Å². The summed E-state index contributed by atoms with van der Waals surface area (Å²) < 4.78 is 2.47. The lowest BCUT2D eigenvalue weighted by molar-refractivity contribution is 0.286. The summed E-state index contributed by atoms with van der Waals surface area (Å²) in [6.45, 7) is 8.16. The second-order valence-corrected chi connectivity index (χ2v) is 5.22. The fourth-order valence-corrected chi connectivity index (χ4v) is 2.83. The van der Waals surface area contributed by atoms with Crippen molar-refractivity contribution >= 4 is 22.9 Å². The molecule has 1 fully saturated rings. The van der Waals surface area contributed by atoms with E-state index < -0.39 is 0 Å². The van der Waals surface area contributed by atoms with Crippen LogP contribution in [0.5, 0.6) is 0 Å². The Balaban J connectivity index is 2.24. The molecule has 0 aromatic rings. The minimum Gasteiger partial charge on any atom is -0.315 e. The van der Waals surface area contributed by atoms with Crippen LogP contribution in [0.3, 0.4) is 0 Å². The molecule has 12 heavy (non-hydrogen) atoms.